The van der Waals surface area contributed by atoms with E-state index in [9.17, 15) is 4.79 Å². The summed E-state index contributed by atoms with van der Waals surface area (Å²) in [5.41, 5.74) is 3.31. The summed E-state index contributed by atoms with van der Waals surface area (Å²) in [6, 6.07) is 9.59. The molecule has 0 bridgehead atoms. The van der Waals surface area contributed by atoms with E-state index in [1.165, 1.54) is 17.5 Å². The minimum Gasteiger partial charge on any atom is -0.485 e. The van der Waals surface area contributed by atoms with E-state index in [1.54, 1.807) is 0 Å². The van der Waals surface area contributed by atoms with Crippen LogP contribution in [0.1, 0.15) is 49.5 Å². The molecular formula is C25H32N4O2S. The molecule has 170 valence electrons. The Morgan fingerprint density at radius 1 is 1.31 bits per heavy atom. The highest BCUT2D eigenvalue weighted by Gasteiger charge is 2.39. The Balaban J connectivity index is 1.73. The molecule has 1 unspecified atom stereocenters. The van der Waals surface area contributed by atoms with Crippen LogP contribution in [-0.2, 0) is 6.42 Å². The maximum atomic E-state index is 10.9. The lowest BCUT2D eigenvalue weighted by Gasteiger charge is -2.28. The van der Waals surface area contributed by atoms with Gasteiger partial charge in [-0.25, -0.2) is 9.39 Å². The second-order valence-corrected chi connectivity index (χ2v) is 9.99. The van der Waals surface area contributed by atoms with Gasteiger partial charge in [0.25, 0.3) is 0 Å². The van der Waals surface area contributed by atoms with Crippen molar-refractivity contribution in [3.8, 4) is 17.0 Å². The van der Waals surface area contributed by atoms with Gasteiger partial charge in [-0.05, 0) is 51.2 Å². The average molecular weight is 453 g/mol. The quantitative estimate of drug-likeness (QED) is 0.190. The van der Waals surface area contributed by atoms with Crippen LogP contribution in [0.15, 0.2) is 45.9 Å². The number of carbonyl (C=O) groups excluding carboxylic acids is 1. The van der Waals surface area contributed by atoms with E-state index in [-0.39, 0.29) is 11.0 Å². The summed E-state index contributed by atoms with van der Waals surface area (Å²) in [4.78, 5) is 19.6. The largest absolute Gasteiger partial charge is 0.485 e. The number of fused-ring (bicyclic) bond motifs is 1. The highest BCUT2D eigenvalue weighted by atomic mass is 32.2. The molecule has 1 aliphatic heterocycles. The predicted octanol–water partition coefficient (Wildman–Crippen LogP) is 5.03. The van der Waals surface area contributed by atoms with Gasteiger partial charge in [-0.1, -0.05) is 45.0 Å². The van der Waals surface area contributed by atoms with Crippen molar-refractivity contribution in [1.82, 2.24) is 10.3 Å². The molecule has 1 aromatic carbocycles. The Bertz CT molecular complexity index is 982. The fourth-order valence-electron chi connectivity index (χ4n) is 3.72. The molecule has 0 radical (unpaired) electrons. The number of pyridine rings is 1. The number of carbonyl (C=O) groups is 1. The second kappa shape index (κ2) is 10.4. The van der Waals surface area contributed by atoms with Crippen LogP contribution < -0.4 is 10.1 Å². The molecule has 0 saturated heterocycles. The van der Waals surface area contributed by atoms with Crippen LogP contribution in [0.4, 0.5) is 0 Å². The van der Waals surface area contributed by atoms with Gasteiger partial charge in [-0.2, -0.15) is 0 Å². The zero-order chi connectivity index (χ0) is 23.2. The van der Waals surface area contributed by atoms with Crippen LogP contribution in [0.3, 0.4) is 0 Å². The number of rotatable bonds is 9. The van der Waals surface area contributed by atoms with Gasteiger partial charge < -0.3 is 10.1 Å². The van der Waals surface area contributed by atoms with Crippen molar-refractivity contribution < 1.29 is 9.53 Å². The summed E-state index contributed by atoms with van der Waals surface area (Å²) in [5, 5.41) is 3.25. The number of benzene rings is 1. The number of nitrogens with one attached hydrogen (secondary N) is 1. The smallest absolute Gasteiger partial charge is 0.150 e. The molecule has 0 aliphatic carbocycles. The van der Waals surface area contributed by atoms with Crippen LogP contribution in [-0.4, -0.2) is 48.8 Å². The van der Waals surface area contributed by atoms with Gasteiger partial charge in [0.1, 0.15) is 23.5 Å². The van der Waals surface area contributed by atoms with Crippen LogP contribution in [0.2, 0.25) is 0 Å². The van der Waals surface area contributed by atoms with E-state index in [2.05, 4.69) is 53.2 Å². The van der Waals surface area contributed by atoms with Gasteiger partial charge >= 0.3 is 0 Å². The van der Waals surface area contributed by atoms with E-state index < -0.39 is 0 Å². The SMILES string of the molecule is C=N/C(=N\SCCC1(CCNC)Cc2cc(-c3ccc(C=O)cc3)ncc2O1)C(C)(C)C. The molecule has 3 rings (SSSR count). The van der Waals surface area contributed by atoms with Crippen LogP contribution in [0.25, 0.3) is 11.3 Å². The highest BCUT2D eigenvalue weighted by molar-refractivity contribution is 7.98. The summed E-state index contributed by atoms with van der Waals surface area (Å²) in [6.45, 7) is 10.8. The summed E-state index contributed by atoms with van der Waals surface area (Å²) < 4.78 is 11.1. The molecule has 6 nitrogen and oxygen atoms in total. The van der Waals surface area contributed by atoms with Crippen LogP contribution >= 0.6 is 11.9 Å². The molecule has 0 spiro atoms. The molecule has 2 aromatic rings. The van der Waals surface area contributed by atoms with Crippen molar-refractivity contribution in [2.75, 3.05) is 19.3 Å². The molecule has 2 heterocycles. The third kappa shape index (κ3) is 5.84. The van der Waals surface area contributed by atoms with E-state index in [1.807, 2.05) is 37.5 Å². The molecule has 0 fully saturated rings. The minimum absolute atomic E-state index is 0.120. The van der Waals surface area contributed by atoms with Crippen molar-refractivity contribution in [1.29, 1.82) is 0 Å². The summed E-state index contributed by atoms with van der Waals surface area (Å²) in [7, 11) is 1.96. The number of ether oxygens (including phenoxy) is 1. The highest BCUT2D eigenvalue weighted by Crippen LogP contribution is 2.40. The van der Waals surface area contributed by atoms with Gasteiger partial charge in [-0.15, -0.1) is 0 Å². The first kappa shape index (κ1) is 24.1. The van der Waals surface area contributed by atoms with Gasteiger partial charge in [0.2, 0.25) is 0 Å². The zero-order valence-electron chi connectivity index (χ0n) is 19.4. The Morgan fingerprint density at radius 2 is 2.06 bits per heavy atom. The third-order valence-electron chi connectivity index (χ3n) is 5.58. The Labute approximate surface area is 195 Å². The Morgan fingerprint density at radius 3 is 2.69 bits per heavy atom. The number of hydrogen-bond acceptors (Lipinski definition) is 6. The zero-order valence-corrected chi connectivity index (χ0v) is 20.2. The molecule has 1 N–H and O–H groups in total. The summed E-state index contributed by atoms with van der Waals surface area (Å²) in [6.07, 6.45) is 5.28. The van der Waals surface area contributed by atoms with Gasteiger partial charge in [0, 0.05) is 34.3 Å². The third-order valence-corrected chi connectivity index (χ3v) is 6.27. The standard InChI is InChI=1S/C25H32N4O2S/c1-24(2,3)23(27-5)29-32-13-11-25(10-12-26-4)15-20-14-21(28-16-22(20)31-25)19-8-6-18(17-30)7-9-19/h6-9,14,16-17,26H,5,10-13,15H2,1-4H3/b29-23-. The lowest BCUT2D eigenvalue weighted by Crippen LogP contribution is -2.38. The number of hydrogen-bond donors (Lipinski definition) is 1. The fraction of sp³-hybridized carbons (Fsp3) is 0.440. The van der Waals surface area contributed by atoms with E-state index in [0.29, 0.717) is 5.56 Å². The molecule has 0 amide bonds. The first-order valence-electron chi connectivity index (χ1n) is 10.9. The van der Waals surface area contributed by atoms with Crippen LogP contribution in [0, 0.1) is 5.41 Å². The Hall–Kier alpha value is -2.51. The fourth-order valence-corrected chi connectivity index (χ4v) is 4.73. The normalized spacial score (nSPS) is 18.2. The first-order chi connectivity index (χ1) is 15.3. The number of aliphatic imine (C=N–C) groups is 1. The lowest BCUT2D eigenvalue weighted by atomic mass is 9.90. The molecule has 1 atom stereocenters. The van der Waals surface area contributed by atoms with Crippen molar-refractivity contribution in [3.05, 3.63) is 47.7 Å². The van der Waals surface area contributed by atoms with Crippen LogP contribution in [0.5, 0.6) is 5.75 Å². The molecule has 7 heteroatoms. The molecule has 1 aromatic heterocycles. The molecule has 32 heavy (non-hydrogen) atoms. The van der Waals surface area contributed by atoms with Crippen molar-refractivity contribution in [2.24, 2.45) is 14.8 Å². The summed E-state index contributed by atoms with van der Waals surface area (Å²) >= 11 is 1.52. The average Bonchev–Trinajstić information content (AvgIpc) is 3.14. The van der Waals surface area contributed by atoms with Crippen molar-refractivity contribution >= 4 is 30.8 Å². The lowest BCUT2D eigenvalue weighted by molar-refractivity contribution is 0.0818. The van der Waals surface area contributed by atoms with Gasteiger partial charge in [0.15, 0.2) is 0 Å². The topological polar surface area (TPSA) is 75.9 Å². The van der Waals surface area contributed by atoms with Gasteiger partial charge in [0.05, 0.1) is 11.9 Å². The van der Waals surface area contributed by atoms with Crippen molar-refractivity contribution in [2.45, 2.75) is 45.6 Å². The number of aldehydes is 1. The number of amidine groups is 1. The van der Waals surface area contributed by atoms with Gasteiger partial charge in [-0.3, -0.25) is 9.78 Å². The Kier molecular flexibility index (Phi) is 7.85. The second-order valence-electron chi connectivity index (χ2n) is 9.14. The number of nitrogens with zero attached hydrogens (tertiary/aromatic N) is 3. The monoisotopic (exact) mass is 452 g/mol. The minimum atomic E-state index is -0.279. The number of aromatic nitrogens is 1. The first-order valence-corrected chi connectivity index (χ1v) is 11.8. The molecule has 0 saturated carbocycles. The van der Waals surface area contributed by atoms with E-state index in [0.717, 1.165) is 60.7 Å². The van der Waals surface area contributed by atoms with E-state index >= 15 is 0 Å². The maximum absolute atomic E-state index is 10.9. The maximum Gasteiger partial charge on any atom is 0.150 e. The molecular weight excluding hydrogens is 420 g/mol. The van der Waals surface area contributed by atoms with E-state index in [4.69, 9.17) is 4.74 Å². The summed E-state index contributed by atoms with van der Waals surface area (Å²) in [5.74, 6) is 2.45. The van der Waals surface area contributed by atoms with Crippen molar-refractivity contribution in [3.63, 3.8) is 0 Å². The molecule has 1 aliphatic rings. The predicted molar refractivity (Wildman–Crippen MR) is 134 cm³/mol.